The van der Waals surface area contributed by atoms with Gasteiger partial charge in [0.15, 0.2) is 0 Å². The van der Waals surface area contributed by atoms with Gasteiger partial charge in [0.25, 0.3) is 11.4 Å². The quantitative estimate of drug-likeness (QED) is 0.412. The molecular weight excluding hydrogens is 222 g/mol. The van der Waals surface area contributed by atoms with Crippen LogP contribution in [0, 0.1) is 20.2 Å². The van der Waals surface area contributed by atoms with Gasteiger partial charge in [-0.15, -0.1) is 0 Å². The predicted molar refractivity (Wildman–Crippen MR) is 48.5 cm³/mol. The van der Waals surface area contributed by atoms with Gasteiger partial charge in [0.2, 0.25) is 0 Å². The number of nitrogens with zero attached hydrogens (tertiary/aromatic N) is 2. The molecule has 0 spiro atoms. The number of anilines is 1. The van der Waals surface area contributed by atoms with Crippen molar-refractivity contribution in [2.45, 2.75) is 0 Å². The van der Waals surface area contributed by atoms with Crippen molar-refractivity contribution in [1.29, 1.82) is 0 Å². The summed E-state index contributed by atoms with van der Waals surface area (Å²) in [6.07, 6.45) is 0. The molecule has 0 atom stereocenters. The van der Waals surface area contributed by atoms with Crippen LogP contribution in [0.15, 0.2) is 12.1 Å². The molecule has 0 bridgehead atoms. The van der Waals surface area contributed by atoms with Gasteiger partial charge < -0.3 is 15.6 Å². The molecule has 1 rings (SSSR count). The first-order valence-corrected chi connectivity index (χ1v) is 3.78. The highest BCUT2D eigenvalue weighted by atomic mass is 16.6. The molecule has 0 aromatic heterocycles. The van der Waals surface area contributed by atoms with Gasteiger partial charge in [-0.1, -0.05) is 0 Å². The second-order valence-corrected chi connectivity index (χ2v) is 2.73. The number of non-ortho nitro benzene ring substituents is 1. The molecule has 16 heavy (non-hydrogen) atoms. The van der Waals surface area contributed by atoms with Crippen LogP contribution in [0.3, 0.4) is 0 Å². The Hall–Kier alpha value is -2.71. The minimum absolute atomic E-state index is 0.515. The zero-order chi connectivity index (χ0) is 12.5. The normalized spacial score (nSPS) is 9.75. The van der Waals surface area contributed by atoms with E-state index >= 15 is 0 Å². The first kappa shape index (κ1) is 11.4. The highest BCUT2D eigenvalue weighted by Gasteiger charge is 2.23. The minimum atomic E-state index is -1.86. The lowest BCUT2D eigenvalue weighted by atomic mass is 10.1. The zero-order valence-electron chi connectivity index (χ0n) is 7.58. The molecule has 0 saturated carbocycles. The van der Waals surface area contributed by atoms with E-state index in [4.69, 9.17) is 5.73 Å². The van der Waals surface area contributed by atoms with E-state index in [2.05, 4.69) is 0 Å². The number of carboxylic acids is 1. The fraction of sp³-hybridized carbons (Fsp3) is 0. The molecule has 0 aliphatic carbocycles. The number of nitrogen functional groups attached to an aromatic ring is 1. The second-order valence-electron chi connectivity index (χ2n) is 2.73. The van der Waals surface area contributed by atoms with Crippen molar-refractivity contribution in [3.63, 3.8) is 0 Å². The van der Waals surface area contributed by atoms with Gasteiger partial charge in [0.05, 0.1) is 33.1 Å². The van der Waals surface area contributed by atoms with Gasteiger partial charge in [0.1, 0.15) is 0 Å². The Balaban J connectivity index is 3.58. The topological polar surface area (TPSA) is 152 Å². The molecule has 84 valence electrons. The number of carbonyl (C=O) groups excluding carboxylic acids is 1. The Morgan fingerprint density at radius 3 is 2.12 bits per heavy atom. The van der Waals surface area contributed by atoms with E-state index in [1.807, 2.05) is 0 Å². The van der Waals surface area contributed by atoms with Gasteiger partial charge in [-0.3, -0.25) is 20.2 Å². The van der Waals surface area contributed by atoms with Crippen molar-refractivity contribution in [1.82, 2.24) is 0 Å². The van der Waals surface area contributed by atoms with Gasteiger partial charge in [-0.2, -0.15) is 0 Å². The maximum atomic E-state index is 10.6. The summed E-state index contributed by atoms with van der Waals surface area (Å²) in [5.74, 6) is -1.86. The van der Waals surface area contributed by atoms with Gasteiger partial charge in [0, 0.05) is 6.07 Å². The van der Waals surface area contributed by atoms with Crippen LogP contribution in [0.4, 0.5) is 17.1 Å². The third-order valence-electron chi connectivity index (χ3n) is 1.74. The first-order chi connectivity index (χ1) is 7.34. The van der Waals surface area contributed by atoms with Crippen molar-refractivity contribution in [3.8, 4) is 0 Å². The largest absolute Gasteiger partial charge is 0.544 e. The molecule has 2 N–H and O–H groups in total. The number of benzene rings is 1. The van der Waals surface area contributed by atoms with Crippen LogP contribution in [0.2, 0.25) is 0 Å². The number of hydrogen-bond donors (Lipinski definition) is 1. The number of nitro groups is 2. The zero-order valence-corrected chi connectivity index (χ0v) is 7.58. The van der Waals surface area contributed by atoms with Crippen molar-refractivity contribution < 1.29 is 19.7 Å². The molecule has 0 aliphatic heterocycles. The van der Waals surface area contributed by atoms with E-state index in [-0.39, 0.29) is 0 Å². The number of aromatic carboxylic acids is 1. The SMILES string of the molecule is Nc1cc([N+](=O)[O-])cc([N+](=O)[O-])c1C(=O)[O-]. The first-order valence-electron chi connectivity index (χ1n) is 3.78. The molecular formula is C7H4N3O6-. The molecule has 9 nitrogen and oxygen atoms in total. The smallest absolute Gasteiger partial charge is 0.287 e. The molecule has 0 aliphatic rings. The summed E-state index contributed by atoms with van der Waals surface area (Å²) in [5.41, 5.74) is 2.10. The van der Waals surface area contributed by atoms with Crippen molar-refractivity contribution in [2.75, 3.05) is 5.73 Å². The summed E-state index contributed by atoms with van der Waals surface area (Å²) in [7, 11) is 0. The van der Waals surface area contributed by atoms with Crippen LogP contribution < -0.4 is 10.8 Å². The number of hydrogen-bond acceptors (Lipinski definition) is 7. The summed E-state index contributed by atoms with van der Waals surface area (Å²) in [4.78, 5) is 29.4. The van der Waals surface area contributed by atoms with E-state index in [0.29, 0.717) is 6.07 Å². The van der Waals surface area contributed by atoms with E-state index in [1.54, 1.807) is 0 Å². The summed E-state index contributed by atoms with van der Waals surface area (Å²) in [6.45, 7) is 0. The van der Waals surface area contributed by atoms with Gasteiger partial charge in [-0.25, -0.2) is 0 Å². The monoisotopic (exact) mass is 226 g/mol. The van der Waals surface area contributed by atoms with E-state index < -0.39 is 38.4 Å². The lowest BCUT2D eigenvalue weighted by Crippen LogP contribution is -2.24. The van der Waals surface area contributed by atoms with Crippen LogP contribution in [-0.4, -0.2) is 15.8 Å². The van der Waals surface area contributed by atoms with E-state index in [0.717, 1.165) is 6.07 Å². The van der Waals surface area contributed by atoms with Crippen molar-refractivity contribution in [2.24, 2.45) is 0 Å². The Morgan fingerprint density at radius 2 is 1.75 bits per heavy atom. The molecule has 0 radical (unpaired) electrons. The number of nitrogens with two attached hydrogens (primary N) is 1. The van der Waals surface area contributed by atoms with Crippen LogP contribution in [0.25, 0.3) is 0 Å². The summed E-state index contributed by atoms with van der Waals surface area (Å²) >= 11 is 0. The fourth-order valence-electron chi connectivity index (χ4n) is 1.11. The predicted octanol–water partition coefficient (Wildman–Crippen LogP) is -0.551. The van der Waals surface area contributed by atoms with Crippen LogP contribution in [0.1, 0.15) is 10.4 Å². The second kappa shape index (κ2) is 3.81. The molecule has 1 aromatic carbocycles. The summed E-state index contributed by atoms with van der Waals surface area (Å²) < 4.78 is 0. The summed E-state index contributed by atoms with van der Waals surface area (Å²) in [5, 5.41) is 31.4. The molecule has 0 amide bonds. The van der Waals surface area contributed by atoms with Gasteiger partial charge >= 0.3 is 0 Å². The molecule has 1 aromatic rings. The van der Waals surface area contributed by atoms with Crippen molar-refractivity contribution in [3.05, 3.63) is 37.9 Å². The van der Waals surface area contributed by atoms with Crippen LogP contribution in [0.5, 0.6) is 0 Å². The Morgan fingerprint density at radius 1 is 1.19 bits per heavy atom. The minimum Gasteiger partial charge on any atom is -0.544 e. The molecule has 0 heterocycles. The maximum absolute atomic E-state index is 10.6. The highest BCUT2D eigenvalue weighted by Crippen LogP contribution is 2.29. The lowest BCUT2D eigenvalue weighted by molar-refractivity contribution is -0.394. The number of nitro benzene ring substituents is 2. The molecule has 0 fully saturated rings. The average molecular weight is 226 g/mol. The number of carbonyl (C=O) groups is 1. The lowest BCUT2D eigenvalue weighted by Gasteiger charge is -2.06. The third-order valence-corrected chi connectivity index (χ3v) is 1.74. The standard InChI is InChI=1S/C7H5N3O6/c8-4-1-3(9(13)14)2-5(10(15)16)6(4)7(11)12/h1-2H,8H2,(H,11,12)/p-1. The Labute approximate surface area is 87.4 Å². The molecule has 9 heteroatoms. The van der Waals surface area contributed by atoms with E-state index in [1.165, 1.54) is 0 Å². The molecule has 0 saturated heterocycles. The van der Waals surface area contributed by atoms with Crippen LogP contribution in [-0.2, 0) is 0 Å². The average Bonchev–Trinajstić information content (AvgIpc) is 2.15. The highest BCUT2D eigenvalue weighted by molar-refractivity contribution is 5.97. The summed E-state index contributed by atoms with van der Waals surface area (Å²) in [6, 6.07) is 1.24. The fourth-order valence-corrected chi connectivity index (χ4v) is 1.11. The van der Waals surface area contributed by atoms with Crippen molar-refractivity contribution >= 4 is 23.0 Å². The maximum Gasteiger partial charge on any atom is 0.287 e. The van der Waals surface area contributed by atoms with Crippen LogP contribution >= 0.6 is 0 Å². The van der Waals surface area contributed by atoms with E-state index in [9.17, 15) is 30.1 Å². The number of rotatable bonds is 3. The van der Waals surface area contributed by atoms with Gasteiger partial charge in [-0.05, 0) is 0 Å². The number of carboxylic acid groups (broad SMARTS) is 1. The Kier molecular flexibility index (Phi) is 2.70. The molecule has 0 unspecified atom stereocenters. The third kappa shape index (κ3) is 1.87. The Bertz CT molecular complexity index is 497.